The smallest absolute Gasteiger partial charge is 0.164 e. The molecule has 0 atom stereocenters. The van der Waals surface area contributed by atoms with E-state index in [4.69, 9.17) is 24.9 Å². The molecule has 4 aromatic heterocycles. The minimum atomic E-state index is 0.649. The predicted molar refractivity (Wildman–Crippen MR) is 213 cm³/mol. The lowest BCUT2D eigenvalue weighted by atomic mass is 10.1. The van der Waals surface area contributed by atoms with Gasteiger partial charge in [-0.15, -0.1) is 22.7 Å². The molecule has 0 spiro atoms. The zero-order valence-electron chi connectivity index (χ0n) is 27.4. The molecule has 10 rings (SSSR count). The van der Waals surface area contributed by atoms with Gasteiger partial charge in [-0.1, -0.05) is 121 Å². The number of fused-ring (bicyclic) bond motifs is 6. The third-order valence-electron chi connectivity index (χ3n) is 9.23. The summed E-state index contributed by atoms with van der Waals surface area (Å²) in [6, 6.07) is 50.4. The van der Waals surface area contributed by atoms with Crippen LogP contribution in [0.15, 0.2) is 146 Å². The van der Waals surface area contributed by atoms with Gasteiger partial charge in [-0.25, -0.2) is 24.9 Å². The molecule has 240 valence electrons. The van der Waals surface area contributed by atoms with Gasteiger partial charge in [0, 0.05) is 58.1 Å². The first-order chi connectivity index (χ1) is 25.1. The van der Waals surface area contributed by atoms with E-state index >= 15 is 0 Å². The standard InChI is InChI=1S/C44H27N5S2/c1-26-16-18-27(19-17-26)38-40-39(33-14-8-9-15-35(33)51-40)46-43(45-38)30-21-23-36-34(24-30)32-22-20-31(25-37(32)50-36)44-48-41(28-10-4-2-5-11-28)47-42(49-44)29-12-6-3-7-13-29/h2-25H,1H3. The average Bonchev–Trinajstić information content (AvgIpc) is 3.76. The molecule has 0 aliphatic rings. The molecule has 6 aromatic carbocycles. The number of rotatable bonds is 5. The van der Waals surface area contributed by atoms with Crippen LogP contribution in [0.4, 0.5) is 0 Å². The van der Waals surface area contributed by atoms with Crippen LogP contribution in [-0.4, -0.2) is 24.9 Å². The zero-order chi connectivity index (χ0) is 33.9. The molecule has 0 saturated heterocycles. The highest BCUT2D eigenvalue weighted by Gasteiger charge is 2.18. The molecule has 0 aliphatic heterocycles. The van der Waals surface area contributed by atoms with E-state index in [1.165, 1.54) is 30.4 Å². The monoisotopic (exact) mass is 689 g/mol. The lowest BCUT2D eigenvalue weighted by Gasteiger charge is -2.08. The minimum absolute atomic E-state index is 0.649. The van der Waals surface area contributed by atoms with Crippen molar-refractivity contribution in [2.24, 2.45) is 0 Å². The maximum Gasteiger partial charge on any atom is 0.164 e. The van der Waals surface area contributed by atoms with Gasteiger partial charge in [0.05, 0.1) is 15.9 Å². The molecule has 0 saturated carbocycles. The second-order valence-electron chi connectivity index (χ2n) is 12.6. The number of thiophene rings is 2. The van der Waals surface area contributed by atoms with Crippen LogP contribution in [0.25, 0.3) is 97.3 Å². The van der Waals surface area contributed by atoms with Crippen LogP contribution in [0.3, 0.4) is 0 Å². The second kappa shape index (κ2) is 12.0. The van der Waals surface area contributed by atoms with E-state index in [2.05, 4.69) is 91.9 Å². The highest BCUT2D eigenvalue weighted by molar-refractivity contribution is 7.26. The van der Waals surface area contributed by atoms with Gasteiger partial charge in [0.1, 0.15) is 0 Å². The summed E-state index contributed by atoms with van der Waals surface area (Å²) in [6.07, 6.45) is 0. The Morgan fingerprint density at radius 3 is 1.67 bits per heavy atom. The Bertz CT molecular complexity index is 2860. The van der Waals surface area contributed by atoms with Crippen LogP contribution in [0.1, 0.15) is 5.56 Å². The molecule has 0 bridgehead atoms. The third-order valence-corrected chi connectivity index (χ3v) is 11.5. The van der Waals surface area contributed by atoms with E-state index in [1.54, 1.807) is 22.7 Å². The van der Waals surface area contributed by atoms with Crippen molar-refractivity contribution in [2.75, 3.05) is 0 Å². The molecule has 0 radical (unpaired) electrons. The Kier molecular flexibility index (Phi) is 7.01. The van der Waals surface area contributed by atoms with Gasteiger partial charge in [0.25, 0.3) is 0 Å². The van der Waals surface area contributed by atoms with Crippen molar-refractivity contribution in [3.63, 3.8) is 0 Å². The first-order valence-electron chi connectivity index (χ1n) is 16.7. The molecule has 0 fully saturated rings. The normalized spacial score (nSPS) is 11.6. The number of hydrogen-bond acceptors (Lipinski definition) is 7. The van der Waals surface area contributed by atoms with Crippen LogP contribution in [-0.2, 0) is 0 Å². The van der Waals surface area contributed by atoms with Gasteiger partial charge in [0.15, 0.2) is 23.3 Å². The third kappa shape index (κ3) is 5.26. The van der Waals surface area contributed by atoms with Crippen molar-refractivity contribution in [1.82, 2.24) is 24.9 Å². The summed E-state index contributed by atoms with van der Waals surface area (Å²) in [5.41, 5.74) is 8.14. The predicted octanol–water partition coefficient (Wildman–Crippen LogP) is 12.0. The lowest BCUT2D eigenvalue weighted by Crippen LogP contribution is -1.99. The number of nitrogens with zero attached hydrogens (tertiary/aromatic N) is 5. The van der Waals surface area contributed by atoms with E-state index in [9.17, 15) is 0 Å². The first kappa shape index (κ1) is 29.7. The molecule has 0 N–H and O–H groups in total. The summed E-state index contributed by atoms with van der Waals surface area (Å²) >= 11 is 3.53. The quantitative estimate of drug-likeness (QED) is 0.180. The van der Waals surface area contributed by atoms with Crippen LogP contribution < -0.4 is 0 Å². The summed E-state index contributed by atoms with van der Waals surface area (Å²) in [5.74, 6) is 2.68. The van der Waals surface area contributed by atoms with Crippen molar-refractivity contribution < 1.29 is 0 Å². The van der Waals surface area contributed by atoms with Crippen molar-refractivity contribution >= 4 is 63.1 Å². The molecular weight excluding hydrogens is 663 g/mol. The topological polar surface area (TPSA) is 64.5 Å². The molecule has 5 nitrogen and oxygen atoms in total. The molecule has 7 heteroatoms. The van der Waals surface area contributed by atoms with Gasteiger partial charge < -0.3 is 0 Å². The summed E-state index contributed by atoms with van der Waals surface area (Å²) in [4.78, 5) is 25.2. The summed E-state index contributed by atoms with van der Waals surface area (Å²) in [5, 5.41) is 3.52. The molecule has 0 amide bonds. The molecule has 4 heterocycles. The number of benzene rings is 6. The SMILES string of the molecule is Cc1ccc(-c2nc(-c3ccc4sc5cc(-c6nc(-c7ccccc7)nc(-c7ccccc7)n6)ccc5c4c3)nc3c2sc2ccccc23)cc1. The van der Waals surface area contributed by atoms with Gasteiger partial charge in [-0.05, 0) is 37.3 Å². The zero-order valence-corrected chi connectivity index (χ0v) is 29.0. The van der Waals surface area contributed by atoms with E-state index < -0.39 is 0 Å². The largest absolute Gasteiger partial charge is 0.226 e. The van der Waals surface area contributed by atoms with Crippen LogP contribution in [0.5, 0.6) is 0 Å². The van der Waals surface area contributed by atoms with Crippen molar-refractivity contribution in [2.45, 2.75) is 6.92 Å². The van der Waals surface area contributed by atoms with Gasteiger partial charge in [-0.3, -0.25) is 0 Å². The maximum atomic E-state index is 5.24. The fourth-order valence-corrected chi connectivity index (χ4v) is 8.90. The fourth-order valence-electron chi connectivity index (χ4n) is 6.62. The Morgan fingerprint density at radius 2 is 0.941 bits per heavy atom. The minimum Gasteiger partial charge on any atom is -0.226 e. The lowest BCUT2D eigenvalue weighted by molar-refractivity contribution is 1.07. The summed E-state index contributed by atoms with van der Waals surface area (Å²) in [6.45, 7) is 2.11. The number of aryl methyl sites for hydroxylation is 1. The summed E-state index contributed by atoms with van der Waals surface area (Å²) < 4.78 is 4.70. The Balaban J connectivity index is 1.11. The Labute approximate surface area is 301 Å². The van der Waals surface area contributed by atoms with Crippen LogP contribution in [0, 0.1) is 6.92 Å². The molecule has 10 aromatic rings. The van der Waals surface area contributed by atoms with E-state index in [1.807, 2.05) is 60.7 Å². The molecule has 0 aliphatic carbocycles. The summed E-state index contributed by atoms with van der Waals surface area (Å²) in [7, 11) is 0. The van der Waals surface area contributed by atoms with Crippen molar-refractivity contribution in [3.8, 4) is 56.8 Å². The van der Waals surface area contributed by atoms with E-state index in [0.29, 0.717) is 17.5 Å². The van der Waals surface area contributed by atoms with Gasteiger partial charge >= 0.3 is 0 Å². The second-order valence-corrected chi connectivity index (χ2v) is 14.7. The number of aromatic nitrogens is 5. The number of hydrogen-bond donors (Lipinski definition) is 0. The Morgan fingerprint density at radius 1 is 0.373 bits per heavy atom. The molecule has 0 unspecified atom stereocenters. The van der Waals surface area contributed by atoms with Crippen molar-refractivity contribution in [1.29, 1.82) is 0 Å². The van der Waals surface area contributed by atoms with E-state index in [-0.39, 0.29) is 0 Å². The highest BCUT2D eigenvalue weighted by Crippen LogP contribution is 2.41. The average molecular weight is 690 g/mol. The van der Waals surface area contributed by atoms with E-state index in [0.717, 1.165) is 54.9 Å². The fraction of sp³-hybridized carbons (Fsp3) is 0.0227. The van der Waals surface area contributed by atoms with Crippen molar-refractivity contribution in [3.05, 3.63) is 151 Å². The maximum absolute atomic E-state index is 5.24. The van der Waals surface area contributed by atoms with Crippen LogP contribution >= 0.6 is 22.7 Å². The van der Waals surface area contributed by atoms with Crippen LogP contribution in [0.2, 0.25) is 0 Å². The highest BCUT2D eigenvalue weighted by atomic mass is 32.1. The van der Waals surface area contributed by atoms with Gasteiger partial charge in [-0.2, -0.15) is 0 Å². The first-order valence-corrected chi connectivity index (χ1v) is 18.4. The molecule has 51 heavy (non-hydrogen) atoms. The Hall–Kier alpha value is -6.15. The van der Waals surface area contributed by atoms with Gasteiger partial charge in [0.2, 0.25) is 0 Å². The molecular formula is C44H27N5S2.